The van der Waals surface area contributed by atoms with Crippen molar-refractivity contribution >= 4 is 40.0 Å². The van der Waals surface area contributed by atoms with Gasteiger partial charge in [-0.1, -0.05) is 0 Å². The molecule has 29 heavy (non-hydrogen) atoms. The van der Waals surface area contributed by atoms with Crippen LogP contribution in [0.5, 0.6) is 0 Å². The van der Waals surface area contributed by atoms with Gasteiger partial charge in [0.15, 0.2) is 5.96 Å². The van der Waals surface area contributed by atoms with Gasteiger partial charge in [-0.3, -0.25) is 4.99 Å². The normalized spacial score (nSPS) is 20.8. The molecule has 0 amide bonds. The fourth-order valence-corrected chi connectivity index (χ4v) is 4.34. The molecule has 1 aliphatic heterocycles. The number of ether oxygens (including phenoxy) is 1. The van der Waals surface area contributed by atoms with Gasteiger partial charge in [0.25, 0.3) is 0 Å². The number of halogens is 4. The Labute approximate surface area is 188 Å². The lowest BCUT2D eigenvalue weighted by Crippen LogP contribution is -2.47. The van der Waals surface area contributed by atoms with Crippen molar-refractivity contribution in [3.05, 3.63) is 0 Å². The van der Waals surface area contributed by atoms with Gasteiger partial charge >= 0.3 is 15.5 Å². The van der Waals surface area contributed by atoms with Crippen LogP contribution in [-0.2, 0) is 14.8 Å². The van der Waals surface area contributed by atoms with Crippen molar-refractivity contribution in [1.29, 1.82) is 0 Å². The molecule has 0 aromatic heterocycles. The van der Waals surface area contributed by atoms with Crippen LogP contribution in [0.25, 0.3) is 0 Å². The van der Waals surface area contributed by atoms with Crippen molar-refractivity contribution in [3.63, 3.8) is 0 Å². The van der Waals surface area contributed by atoms with Crippen molar-refractivity contribution in [2.45, 2.75) is 44.5 Å². The molecule has 2 rings (SSSR count). The number of nitrogens with one attached hydrogen (secondary N) is 2. The summed E-state index contributed by atoms with van der Waals surface area (Å²) in [6.45, 7) is 4.58. The molecule has 7 nitrogen and oxygen atoms in total. The van der Waals surface area contributed by atoms with Crippen molar-refractivity contribution in [2.75, 3.05) is 46.4 Å². The van der Waals surface area contributed by atoms with E-state index in [0.717, 1.165) is 39.0 Å². The molecule has 1 saturated heterocycles. The molecule has 0 aromatic carbocycles. The summed E-state index contributed by atoms with van der Waals surface area (Å²) >= 11 is 0. The highest BCUT2D eigenvalue weighted by molar-refractivity contribution is 14.0. The van der Waals surface area contributed by atoms with E-state index in [1.807, 2.05) is 6.92 Å². The maximum atomic E-state index is 12.6. The van der Waals surface area contributed by atoms with Crippen LogP contribution >= 0.6 is 24.0 Å². The standard InChI is InChI=1S/C17H31F3N4O3S.HI/c1-3-27-11-8-16(6-7-16)13-23-15(21-2)22-12-14-4-9-24(10-5-14)28(25,26)17(18,19)20;/h14H,3-13H2,1-2H3,(H2,21,22,23);1H. The number of rotatable bonds is 9. The zero-order valence-corrected chi connectivity index (χ0v) is 20.1. The van der Waals surface area contributed by atoms with E-state index in [1.165, 1.54) is 0 Å². The first-order valence-corrected chi connectivity index (χ1v) is 11.2. The fraction of sp³-hybridized carbons (Fsp3) is 0.941. The second-order valence-electron chi connectivity index (χ2n) is 7.55. The van der Waals surface area contributed by atoms with Gasteiger partial charge in [0.05, 0.1) is 0 Å². The molecular formula is C17H32F3IN4O3S. The molecule has 0 unspecified atom stereocenters. The van der Waals surface area contributed by atoms with Gasteiger partial charge in [0, 0.05) is 46.4 Å². The SMILES string of the molecule is CCOCCC1(CNC(=NC)NCC2CCN(S(=O)(=O)C(F)(F)F)CC2)CC1.I. The van der Waals surface area contributed by atoms with Gasteiger partial charge in [0.2, 0.25) is 0 Å². The number of nitrogens with zero attached hydrogens (tertiary/aromatic N) is 2. The van der Waals surface area contributed by atoms with Gasteiger partial charge in [-0.15, -0.1) is 24.0 Å². The third kappa shape index (κ3) is 7.69. The van der Waals surface area contributed by atoms with E-state index in [-0.39, 0.29) is 48.4 Å². The Kier molecular flexibility index (Phi) is 10.4. The summed E-state index contributed by atoms with van der Waals surface area (Å²) in [5.41, 5.74) is -4.96. The molecule has 1 saturated carbocycles. The first-order valence-electron chi connectivity index (χ1n) is 9.72. The van der Waals surface area contributed by atoms with E-state index in [0.29, 0.717) is 29.7 Å². The number of hydrogen-bond acceptors (Lipinski definition) is 4. The number of aliphatic imine (C=N–C) groups is 1. The van der Waals surface area contributed by atoms with Gasteiger partial charge < -0.3 is 15.4 Å². The minimum absolute atomic E-state index is 0. The number of piperidine rings is 1. The molecule has 2 fully saturated rings. The van der Waals surface area contributed by atoms with Gasteiger partial charge in [0.1, 0.15) is 0 Å². The van der Waals surface area contributed by atoms with Crippen molar-refractivity contribution in [3.8, 4) is 0 Å². The van der Waals surface area contributed by atoms with Crippen LogP contribution in [0, 0.1) is 11.3 Å². The highest BCUT2D eigenvalue weighted by atomic mass is 127. The topological polar surface area (TPSA) is 83.0 Å². The van der Waals surface area contributed by atoms with Crippen LogP contribution in [0.15, 0.2) is 4.99 Å². The van der Waals surface area contributed by atoms with Crippen LogP contribution in [0.1, 0.15) is 39.0 Å². The molecule has 0 spiro atoms. The number of alkyl halides is 3. The third-order valence-electron chi connectivity index (χ3n) is 5.56. The lowest BCUT2D eigenvalue weighted by molar-refractivity contribution is -0.0496. The first kappa shape index (κ1) is 26.7. The van der Waals surface area contributed by atoms with E-state index in [9.17, 15) is 21.6 Å². The monoisotopic (exact) mass is 556 g/mol. The molecule has 12 heteroatoms. The van der Waals surface area contributed by atoms with Crippen molar-refractivity contribution in [2.24, 2.45) is 16.3 Å². The van der Waals surface area contributed by atoms with Crippen LogP contribution < -0.4 is 10.6 Å². The molecular weight excluding hydrogens is 524 g/mol. The Hall–Kier alpha value is -0.340. The van der Waals surface area contributed by atoms with E-state index < -0.39 is 15.5 Å². The fourth-order valence-electron chi connectivity index (χ4n) is 3.36. The molecule has 0 aromatic rings. The van der Waals surface area contributed by atoms with Crippen LogP contribution in [0.4, 0.5) is 13.2 Å². The van der Waals surface area contributed by atoms with E-state index in [1.54, 1.807) is 7.05 Å². The third-order valence-corrected chi connectivity index (χ3v) is 7.19. The van der Waals surface area contributed by atoms with E-state index >= 15 is 0 Å². The van der Waals surface area contributed by atoms with Crippen molar-refractivity contribution in [1.82, 2.24) is 14.9 Å². The predicted octanol–water partition coefficient (Wildman–Crippen LogP) is 2.54. The molecule has 2 aliphatic rings. The molecule has 0 bridgehead atoms. The smallest absolute Gasteiger partial charge is 0.382 e. The minimum Gasteiger partial charge on any atom is -0.382 e. The zero-order chi connectivity index (χ0) is 20.8. The van der Waals surface area contributed by atoms with Crippen LogP contribution in [-0.4, -0.2) is 70.6 Å². The number of sulfonamides is 1. The highest BCUT2D eigenvalue weighted by Crippen LogP contribution is 2.48. The summed E-state index contributed by atoms with van der Waals surface area (Å²) in [4.78, 5) is 4.19. The lowest BCUT2D eigenvalue weighted by Gasteiger charge is -2.31. The molecule has 0 radical (unpaired) electrons. The van der Waals surface area contributed by atoms with Gasteiger partial charge in [-0.2, -0.15) is 17.5 Å². The largest absolute Gasteiger partial charge is 0.511 e. The second kappa shape index (κ2) is 11.3. The summed E-state index contributed by atoms with van der Waals surface area (Å²) in [6, 6.07) is 0. The van der Waals surface area contributed by atoms with Crippen molar-refractivity contribution < 1.29 is 26.3 Å². The van der Waals surface area contributed by atoms with E-state index in [4.69, 9.17) is 4.74 Å². The minimum atomic E-state index is -5.23. The Morgan fingerprint density at radius 1 is 1.24 bits per heavy atom. The Morgan fingerprint density at radius 3 is 2.34 bits per heavy atom. The molecule has 1 heterocycles. The first-order chi connectivity index (χ1) is 13.1. The second-order valence-corrected chi connectivity index (χ2v) is 9.48. The maximum absolute atomic E-state index is 12.6. The molecule has 1 aliphatic carbocycles. The average molecular weight is 556 g/mol. The highest BCUT2D eigenvalue weighted by Gasteiger charge is 2.50. The Bertz CT molecular complexity index is 634. The Balaban J connectivity index is 0.00000420. The van der Waals surface area contributed by atoms with Crippen LogP contribution in [0.3, 0.4) is 0 Å². The molecule has 0 atom stereocenters. The summed E-state index contributed by atoms with van der Waals surface area (Å²) < 4.78 is 66.7. The van der Waals surface area contributed by atoms with Gasteiger partial charge in [-0.25, -0.2) is 8.42 Å². The Morgan fingerprint density at radius 2 is 1.86 bits per heavy atom. The van der Waals surface area contributed by atoms with Gasteiger partial charge in [-0.05, 0) is 50.4 Å². The predicted molar refractivity (Wildman–Crippen MR) is 117 cm³/mol. The summed E-state index contributed by atoms with van der Waals surface area (Å²) in [7, 11) is -3.55. The summed E-state index contributed by atoms with van der Waals surface area (Å²) in [5, 5.41) is 6.53. The molecule has 172 valence electrons. The number of guanidine groups is 1. The van der Waals surface area contributed by atoms with Crippen LogP contribution in [0.2, 0.25) is 0 Å². The number of hydrogen-bond donors (Lipinski definition) is 2. The average Bonchev–Trinajstić information content (AvgIpc) is 3.41. The zero-order valence-electron chi connectivity index (χ0n) is 16.9. The summed E-state index contributed by atoms with van der Waals surface area (Å²) in [6.07, 6.45) is 4.11. The van der Waals surface area contributed by atoms with E-state index in [2.05, 4.69) is 15.6 Å². The molecule has 2 N–H and O–H groups in total. The maximum Gasteiger partial charge on any atom is 0.511 e. The quantitative estimate of drug-likeness (QED) is 0.198. The lowest BCUT2D eigenvalue weighted by atomic mass is 9.98. The summed E-state index contributed by atoms with van der Waals surface area (Å²) in [5.74, 6) is 0.763.